The highest BCUT2D eigenvalue weighted by Crippen LogP contribution is 2.11. The van der Waals surface area contributed by atoms with E-state index in [4.69, 9.17) is 9.47 Å². The third-order valence-electron chi connectivity index (χ3n) is 2.39. The summed E-state index contributed by atoms with van der Waals surface area (Å²) in [6.07, 6.45) is 5.87. The normalized spacial score (nSPS) is 10.6. The van der Waals surface area contributed by atoms with Crippen LogP contribution in [-0.4, -0.2) is 19.2 Å². The van der Waals surface area contributed by atoms with Crippen molar-refractivity contribution in [3.8, 4) is 5.75 Å². The molecule has 4 heteroatoms. The Hall–Kier alpha value is -1.84. The minimum absolute atomic E-state index is 0.267. The Morgan fingerprint density at radius 1 is 1.26 bits per heavy atom. The van der Waals surface area contributed by atoms with Gasteiger partial charge in [-0.3, -0.25) is 0 Å². The van der Waals surface area contributed by atoms with E-state index >= 15 is 0 Å². The second kappa shape index (κ2) is 9.14. The summed E-state index contributed by atoms with van der Waals surface area (Å²) in [5.41, 5.74) is 0. The van der Waals surface area contributed by atoms with Gasteiger partial charge in [-0.15, -0.1) is 0 Å². The molecule has 1 aromatic rings. The van der Waals surface area contributed by atoms with Crippen LogP contribution in [0.2, 0.25) is 0 Å². The van der Waals surface area contributed by atoms with Gasteiger partial charge in [-0.05, 0) is 50.5 Å². The maximum Gasteiger partial charge on any atom is 0.330 e. The van der Waals surface area contributed by atoms with Crippen LogP contribution in [0.5, 0.6) is 5.75 Å². The van der Waals surface area contributed by atoms with Crippen LogP contribution in [-0.2, 0) is 9.53 Å². The average molecular weight is 266 g/mol. The molecule has 0 amide bonds. The Morgan fingerprint density at radius 3 is 2.68 bits per heavy atom. The molecule has 104 valence electrons. The van der Waals surface area contributed by atoms with Gasteiger partial charge in [0, 0.05) is 6.08 Å². The van der Waals surface area contributed by atoms with Crippen molar-refractivity contribution in [2.24, 2.45) is 0 Å². The molecule has 1 aromatic carbocycles. The zero-order valence-electron chi connectivity index (χ0n) is 11.1. The Labute approximate surface area is 113 Å². The van der Waals surface area contributed by atoms with Crippen molar-refractivity contribution in [3.63, 3.8) is 0 Å². The van der Waals surface area contributed by atoms with Crippen LogP contribution in [0.25, 0.3) is 0 Å². The molecule has 0 bridgehead atoms. The second-order valence-electron chi connectivity index (χ2n) is 3.95. The quantitative estimate of drug-likeness (QED) is 0.410. The predicted octanol–water partition coefficient (Wildman–Crippen LogP) is 3.49. The van der Waals surface area contributed by atoms with Crippen molar-refractivity contribution in [2.75, 3.05) is 13.2 Å². The third kappa shape index (κ3) is 7.24. The van der Waals surface area contributed by atoms with E-state index in [0.717, 1.165) is 19.3 Å². The van der Waals surface area contributed by atoms with Gasteiger partial charge < -0.3 is 9.47 Å². The van der Waals surface area contributed by atoms with Crippen molar-refractivity contribution in [3.05, 3.63) is 42.2 Å². The van der Waals surface area contributed by atoms with Gasteiger partial charge in [-0.1, -0.05) is 6.08 Å². The fourth-order valence-corrected chi connectivity index (χ4v) is 1.46. The number of carbonyl (C=O) groups excluding carboxylic acids is 1. The van der Waals surface area contributed by atoms with Crippen LogP contribution in [0, 0.1) is 5.82 Å². The Balaban J connectivity index is 2.05. The highest BCUT2D eigenvalue weighted by Gasteiger charge is 1.95. The fourth-order valence-electron chi connectivity index (χ4n) is 1.46. The molecule has 0 unspecified atom stereocenters. The van der Waals surface area contributed by atoms with E-state index in [9.17, 15) is 9.18 Å². The first-order valence-electron chi connectivity index (χ1n) is 6.44. The van der Waals surface area contributed by atoms with Crippen LogP contribution in [0.1, 0.15) is 26.2 Å². The molecule has 0 N–H and O–H groups in total. The highest BCUT2D eigenvalue weighted by atomic mass is 19.1. The van der Waals surface area contributed by atoms with E-state index in [1.54, 1.807) is 25.1 Å². The van der Waals surface area contributed by atoms with E-state index in [1.165, 1.54) is 18.2 Å². The molecule has 0 radical (unpaired) electrons. The zero-order chi connectivity index (χ0) is 13.9. The van der Waals surface area contributed by atoms with Crippen molar-refractivity contribution in [1.29, 1.82) is 0 Å². The van der Waals surface area contributed by atoms with Crippen molar-refractivity contribution < 1.29 is 18.7 Å². The lowest BCUT2D eigenvalue weighted by Gasteiger charge is -2.04. The van der Waals surface area contributed by atoms with Crippen LogP contribution in [0.4, 0.5) is 4.39 Å². The number of halogens is 1. The maximum absolute atomic E-state index is 12.6. The van der Waals surface area contributed by atoms with E-state index < -0.39 is 0 Å². The van der Waals surface area contributed by atoms with Gasteiger partial charge in [0.05, 0.1) is 13.2 Å². The molecule has 0 saturated carbocycles. The summed E-state index contributed by atoms with van der Waals surface area (Å²) >= 11 is 0. The summed E-state index contributed by atoms with van der Waals surface area (Å²) in [5, 5.41) is 0. The van der Waals surface area contributed by atoms with Crippen molar-refractivity contribution in [2.45, 2.75) is 26.2 Å². The predicted molar refractivity (Wildman–Crippen MR) is 71.5 cm³/mol. The second-order valence-corrected chi connectivity index (χ2v) is 3.95. The number of benzene rings is 1. The first-order valence-corrected chi connectivity index (χ1v) is 6.44. The molecular weight excluding hydrogens is 247 g/mol. The molecule has 0 aromatic heterocycles. The SMILES string of the molecule is CCOC(=O)/C=C/CCCCOc1ccc(F)cc1. The molecule has 0 heterocycles. The lowest BCUT2D eigenvalue weighted by Crippen LogP contribution is -1.99. The topological polar surface area (TPSA) is 35.5 Å². The smallest absolute Gasteiger partial charge is 0.330 e. The van der Waals surface area contributed by atoms with E-state index in [0.29, 0.717) is 19.0 Å². The Kier molecular flexibility index (Phi) is 7.32. The van der Waals surface area contributed by atoms with Gasteiger partial charge in [0.25, 0.3) is 0 Å². The van der Waals surface area contributed by atoms with Gasteiger partial charge >= 0.3 is 5.97 Å². The molecule has 0 aliphatic rings. The first kappa shape index (κ1) is 15.2. The third-order valence-corrected chi connectivity index (χ3v) is 2.39. The lowest BCUT2D eigenvalue weighted by atomic mass is 10.2. The zero-order valence-corrected chi connectivity index (χ0v) is 11.1. The maximum atomic E-state index is 12.6. The van der Waals surface area contributed by atoms with Crippen LogP contribution in [0.3, 0.4) is 0 Å². The molecular formula is C15H19FO3. The first-order chi connectivity index (χ1) is 9.22. The number of unbranched alkanes of at least 4 members (excludes halogenated alkanes) is 2. The minimum Gasteiger partial charge on any atom is -0.494 e. The Morgan fingerprint density at radius 2 is 2.00 bits per heavy atom. The van der Waals surface area contributed by atoms with E-state index in [-0.39, 0.29) is 11.8 Å². The number of carbonyl (C=O) groups is 1. The molecule has 19 heavy (non-hydrogen) atoms. The number of hydrogen-bond donors (Lipinski definition) is 0. The summed E-state index contributed by atoms with van der Waals surface area (Å²) < 4.78 is 22.8. The minimum atomic E-state index is -0.301. The summed E-state index contributed by atoms with van der Waals surface area (Å²) in [4.78, 5) is 11.0. The van der Waals surface area contributed by atoms with Gasteiger partial charge in [-0.25, -0.2) is 9.18 Å². The molecule has 0 spiro atoms. The van der Waals surface area contributed by atoms with E-state index in [2.05, 4.69) is 0 Å². The molecule has 0 atom stereocenters. The standard InChI is InChI=1S/C15H19FO3/c1-2-18-15(17)7-5-3-4-6-12-19-14-10-8-13(16)9-11-14/h5,7-11H,2-4,6,12H2,1H3/b7-5+. The summed E-state index contributed by atoms with van der Waals surface area (Å²) in [6.45, 7) is 2.76. The van der Waals surface area contributed by atoms with Gasteiger partial charge in [0.1, 0.15) is 11.6 Å². The van der Waals surface area contributed by atoms with Crippen molar-refractivity contribution in [1.82, 2.24) is 0 Å². The van der Waals surface area contributed by atoms with Crippen LogP contribution >= 0.6 is 0 Å². The summed E-state index contributed by atoms with van der Waals surface area (Å²) in [5.74, 6) is 0.102. The van der Waals surface area contributed by atoms with Gasteiger partial charge in [-0.2, -0.15) is 0 Å². The number of rotatable bonds is 8. The van der Waals surface area contributed by atoms with E-state index in [1.807, 2.05) is 0 Å². The molecule has 1 rings (SSSR count). The molecule has 0 aliphatic carbocycles. The van der Waals surface area contributed by atoms with Gasteiger partial charge in [0.2, 0.25) is 0 Å². The van der Waals surface area contributed by atoms with Crippen molar-refractivity contribution >= 4 is 5.97 Å². The molecule has 0 saturated heterocycles. The number of hydrogen-bond acceptors (Lipinski definition) is 3. The van der Waals surface area contributed by atoms with Crippen LogP contribution < -0.4 is 4.74 Å². The fraction of sp³-hybridized carbons (Fsp3) is 0.400. The van der Waals surface area contributed by atoms with Crippen LogP contribution in [0.15, 0.2) is 36.4 Å². The number of esters is 1. The summed E-state index contributed by atoms with van der Waals surface area (Å²) in [7, 11) is 0. The number of ether oxygens (including phenoxy) is 2. The largest absolute Gasteiger partial charge is 0.494 e. The Bertz CT molecular complexity index is 398. The number of allylic oxidation sites excluding steroid dienone is 1. The molecule has 0 fully saturated rings. The van der Waals surface area contributed by atoms with Gasteiger partial charge in [0.15, 0.2) is 0 Å². The molecule has 0 aliphatic heterocycles. The summed E-state index contributed by atoms with van der Waals surface area (Å²) in [6, 6.07) is 5.96. The monoisotopic (exact) mass is 266 g/mol. The average Bonchev–Trinajstić information content (AvgIpc) is 2.40. The highest BCUT2D eigenvalue weighted by molar-refractivity contribution is 5.81. The molecule has 3 nitrogen and oxygen atoms in total. The lowest BCUT2D eigenvalue weighted by molar-refractivity contribution is -0.137.